The van der Waals surface area contributed by atoms with Gasteiger partial charge in [-0.2, -0.15) is 8.78 Å². The molecule has 164 valence electrons. The lowest BCUT2D eigenvalue weighted by Gasteiger charge is -2.28. The van der Waals surface area contributed by atoms with Crippen LogP contribution in [0.25, 0.3) is 11.4 Å². The monoisotopic (exact) mass is 416 g/mol. The maximum Gasteiger partial charge on any atom is 0.387 e. The number of unbranched alkanes of at least 4 members (excludes halogenated alkanes) is 3. The highest BCUT2D eigenvalue weighted by molar-refractivity contribution is 5.55. The van der Waals surface area contributed by atoms with Gasteiger partial charge in [0.1, 0.15) is 5.75 Å². The molecule has 0 aliphatic heterocycles. The number of nitrogens with zero attached hydrogens (tertiary/aromatic N) is 2. The fraction of sp³-hybridized carbons (Fsp3) is 0.600. The summed E-state index contributed by atoms with van der Waals surface area (Å²) in [6, 6.07) is 6.43. The first kappa shape index (κ1) is 22.6. The minimum Gasteiger partial charge on any atom is -0.435 e. The van der Waals surface area contributed by atoms with Crippen molar-refractivity contribution in [3.05, 3.63) is 42.2 Å². The van der Waals surface area contributed by atoms with Crippen LogP contribution in [0.4, 0.5) is 8.78 Å². The van der Waals surface area contributed by atoms with Gasteiger partial charge in [-0.05, 0) is 54.5 Å². The molecule has 1 fully saturated rings. The summed E-state index contributed by atoms with van der Waals surface area (Å²) in [5.41, 5.74) is 1.96. The second-order valence-corrected chi connectivity index (χ2v) is 8.59. The highest BCUT2D eigenvalue weighted by Crippen LogP contribution is 2.34. The van der Waals surface area contributed by atoms with Gasteiger partial charge in [-0.15, -0.1) is 0 Å². The average Bonchev–Trinajstić information content (AvgIpc) is 2.77. The van der Waals surface area contributed by atoms with Crippen LogP contribution >= 0.6 is 0 Å². The van der Waals surface area contributed by atoms with Crippen LogP contribution in [0.5, 0.6) is 5.75 Å². The second kappa shape index (κ2) is 12.0. The zero-order chi connectivity index (χ0) is 21.2. The molecule has 0 spiro atoms. The summed E-state index contributed by atoms with van der Waals surface area (Å²) >= 11 is 0. The van der Waals surface area contributed by atoms with Crippen LogP contribution in [0.1, 0.15) is 76.7 Å². The summed E-state index contributed by atoms with van der Waals surface area (Å²) in [5.74, 6) is 2.53. The minimum absolute atomic E-state index is 0.140. The van der Waals surface area contributed by atoms with Gasteiger partial charge in [-0.3, -0.25) is 0 Å². The Morgan fingerprint density at radius 3 is 2.13 bits per heavy atom. The largest absolute Gasteiger partial charge is 0.435 e. The molecule has 0 N–H and O–H groups in total. The number of hydrogen-bond donors (Lipinski definition) is 0. The molecule has 0 unspecified atom stereocenters. The summed E-state index contributed by atoms with van der Waals surface area (Å²) in [5, 5.41) is 0. The average molecular weight is 417 g/mol. The lowest BCUT2D eigenvalue weighted by atomic mass is 9.78. The third-order valence-corrected chi connectivity index (χ3v) is 6.32. The lowest BCUT2D eigenvalue weighted by molar-refractivity contribution is -0.0498. The lowest BCUT2D eigenvalue weighted by Crippen LogP contribution is -2.15. The highest BCUT2D eigenvalue weighted by atomic mass is 19.3. The summed E-state index contributed by atoms with van der Waals surface area (Å²) in [4.78, 5) is 8.93. The van der Waals surface area contributed by atoms with Crippen molar-refractivity contribution in [3.8, 4) is 17.1 Å². The smallest absolute Gasteiger partial charge is 0.387 e. The Morgan fingerprint density at radius 1 is 0.900 bits per heavy atom. The quantitative estimate of drug-likeness (QED) is 0.357. The molecule has 0 atom stereocenters. The molecule has 3 nitrogen and oxygen atoms in total. The number of aryl methyl sites for hydroxylation is 1. The van der Waals surface area contributed by atoms with Gasteiger partial charge in [0.2, 0.25) is 0 Å². The van der Waals surface area contributed by atoms with E-state index in [4.69, 9.17) is 0 Å². The Labute approximate surface area is 179 Å². The second-order valence-electron chi connectivity index (χ2n) is 8.59. The summed E-state index contributed by atoms with van der Waals surface area (Å²) in [6.45, 7) is -0.540. The van der Waals surface area contributed by atoms with Crippen molar-refractivity contribution >= 4 is 0 Å². The molecule has 0 saturated heterocycles. The van der Waals surface area contributed by atoms with Crippen LogP contribution in [0.3, 0.4) is 0 Å². The van der Waals surface area contributed by atoms with Crippen molar-refractivity contribution in [2.75, 3.05) is 0 Å². The number of aromatic nitrogens is 2. The van der Waals surface area contributed by atoms with E-state index in [2.05, 4.69) is 21.6 Å². The van der Waals surface area contributed by atoms with E-state index in [1.165, 1.54) is 76.3 Å². The molecule has 1 aromatic carbocycles. The van der Waals surface area contributed by atoms with E-state index < -0.39 is 6.61 Å². The molecule has 2 aromatic rings. The molecular formula is C25H34F2N2O. The van der Waals surface area contributed by atoms with Crippen LogP contribution in [-0.2, 0) is 6.42 Å². The number of hydrogen-bond acceptors (Lipinski definition) is 3. The predicted molar refractivity (Wildman–Crippen MR) is 117 cm³/mol. The molecule has 1 heterocycles. The predicted octanol–water partition coefficient (Wildman–Crippen LogP) is 7.45. The highest BCUT2D eigenvalue weighted by Gasteiger charge is 2.20. The molecular weight excluding hydrogens is 382 g/mol. The van der Waals surface area contributed by atoms with Crippen molar-refractivity contribution in [3.63, 3.8) is 0 Å². The Morgan fingerprint density at radius 2 is 1.53 bits per heavy atom. The molecule has 0 amide bonds. The number of benzene rings is 1. The Hall–Kier alpha value is -2.04. The van der Waals surface area contributed by atoms with Gasteiger partial charge in [0.15, 0.2) is 5.82 Å². The first-order valence-corrected chi connectivity index (χ1v) is 11.5. The fourth-order valence-corrected chi connectivity index (χ4v) is 4.46. The summed E-state index contributed by atoms with van der Waals surface area (Å²) in [6.07, 6.45) is 18.5. The maximum absolute atomic E-state index is 12.2. The number of ether oxygens (including phenoxy) is 1. The van der Waals surface area contributed by atoms with E-state index in [1.54, 1.807) is 12.1 Å². The van der Waals surface area contributed by atoms with Gasteiger partial charge in [-0.25, -0.2) is 9.97 Å². The standard InChI is InChI=1S/C25H34F2N2O/c1-2-3-4-5-6-19-7-9-20(10-8-19)11-12-21-17-28-24(29-18-21)22-13-15-23(16-14-22)30-25(26)27/h13-20,25H,2-12H2,1H3. The van der Waals surface area contributed by atoms with Gasteiger partial charge >= 0.3 is 6.61 Å². The van der Waals surface area contributed by atoms with Gasteiger partial charge in [0, 0.05) is 18.0 Å². The van der Waals surface area contributed by atoms with Crippen LogP contribution < -0.4 is 4.74 Å². The zero-order valence-electron chi connectivity index (χ0n) is 18.0. The number of alkyl halides is 2. The van der Waals surface area contributed by atoms with Crippen molar-refractivity contribution < 1.29 is 13.5 Å². The van der Waals surface area contributed by atoms with Crippen LogP contribution in [-0.4, -0.2) is 16.6 Å². The molecule has 3 rings (SSSR count). The SMILES string of the molecule is CCCCCCC1CCC(CCc2cnc(-c3ccc(OC(F)F)cc3)nc2)CC1. The van der Waals surface area contributed by atoms with Crippen molar-refractivity contribution in [2.24, 2.45) is 11.8 Å². The van der Waals surface area contributed by atoms with E-state index in [0.717, 1.165) is 29.4 Å². The fourth-order valence-electron chi connectivity index (χ4n) is 4.46. The normalized spacial score (nSPS) is 19.2. The first-order valence-electron chi connectivity index (χ1n) is 11.5. The van der Waals surface area contributed by atoms with Crippen molar-refractivity contribution in [1.29, 1.82) is 0 Å². The van der Waals surface area contributed by atoms with E-state index in [1.807, 2.05) is 12.4 Å². The van der Waals surface area contributed by atoms with Gasteiger partial charge in [-0.1, -0.05) is 64.7 Å². The molecule has 30 heavy (non-hydrogen) atoms. The first-order chi connectivity index (χ1) is 14.6. The molecule has 0 radical (unpaired) electrons. The van der Waals surface area contributed by atoms with Gasteiger partial charge < -0.3 is 4.74 Å². The Balaban J connectivity index is 1.40. The number of halogens is 2. The summed E-state index contributed by atoms with van der Waals surface area (Å²) < 4.78 is 28.9. The molecule has 1 aliphatic carbocycles. The molecule has 5 heteroatoms. The van der Waals surface area contributed by atoms with E-state index in [9.17, 15) is 8.78 Å². The van der Waals surface area contributed by atoms with Gasteiger partial charge in [0.25, 0.3) is 0 Å². The van der Waals surface area contributed by atoms with Crippen LogP contribution in [0.15, 0.2) is 36.7 Å². The molecule has 1 aliphatic rings. The number of rotatable bonds is 11. The van der Waals surface area contributed by atoms with Crippen molar-refractivity contribution in [2.45, 2.75) is 84.2 Å². The Kier molecular flexibility index (Phi) is 9.03. The third kappa shape index (κ3) is 7.33. The molecule has 0 bridgehead atoms. The van der Waals surface area contributed by atoms with Crippen LogP contribution in [0.2, 0.25) is 0 Å². The van der Waals surface area contributed by atoms with Crippen LogP contribution in [0, 0.1) is 11.8 Å². The minimum atomic E-state index is -2.81. The zero-order valence-corrected chi connectivity index (χ0v) is 18.0. The van der Waals surface area contributed by atoms with Crippen molar-refractivity contribution in [1.82, 2.24) is 9.97 Å². The molecule has 1 aromatic heterocycles. The topological polar surface area (TPSA) is 35.0 Å². The summed E-state index contributed by atoms with van der Waals surface area (Å²) in [7, 11) is 0. The Bertz CT molecular complexity index is 726. The third-order valence-electron chi connectivity index (χ3n) is 6.32. The van der Waals surface area contributed by atoms with E-state index >= 15 is 0 Å². The van der Waals surface area contributed by atoms with E-state index in [-0.39, 0.29) is 5.75 Å². The van der Waals surface area contributed by atoms with E-state index in [0.29, 0.717) is 5.82 Å². The maximum atomic E-state index is 12.2. The molecule has 1 saturated carbocycles. The van der Waals surface area contributed by atoms with Gasteiger partial charge in [0.05, 0.1) is 0 Å².